The molecule has 2 fully saturated rings. The van der Waals surface area contributed by atoms with E-state index in [1.165, 1.54) is 38.8 Å². The molecule has 5 rings (SSSR count). The number of carbonyl (C=O) groups is 5. The second kappa shape index (κ2) is 15.0. The first-order chi connectivity index (χ1) is 23.9. The van der Waals surface area contributed by atoms with Gasteiger partial charge < -0.3 is 45.9 Å². The Bertz CT molecular complexity index is 1890. The number of imidazole rings is 1. The highest BCUT2D eigenvalue weighted by atomic mass is 35.5. The van der Waals surface area contributed by atoms with Crippen LogP contribution in [0, 0.1) is 23.2 Å². The van der Waals surface area contributed by atoms with Crippen LogP contribution in [0.15, 0.2) is 18.5 Å². The molecule has 19 heteroatoms. The molecule has 3 heterocycles. The highest BCUT2D eigenvalue weighted by Gasteiger charge is 2.78. The maximum atomic E-state index is 13.6. The van der Waals surface area contributed by atoms with Crippen molar-refractivity contribution >= 4 is 69.6 Å². The van der Waals surface area contributed by atoms with Gasteiger partial charge in [0.2, 0.25) is 23.5 Å². The molecule has 0 aliphatic heterocycles. The first kappa shape index (κ1) is 36.5. The molecule has 2 aliphatic carbocycles. The van der Waals surface area contributed by atoms with Crippen LogP contribution in [-0.4, -0.2) is 125 Å². The number of esters is 2. The Kier molecular flexibility index (Phi) is 10.9. The number of nitrogens with zero attached hydrogens (tertiary/aromatic N) is 6. The molecule has 2 saturated carbocycles. The molecule has 3 aromatic heterocycles. The molecule has 3 amide bonds. The summed E-state index contributed by atoms with van der Waals surface area (Å²) in [6.07, 6.45) is -0.779. The van der Waals surface area contributed by atoms with Crippen molar-refractivity contribution in [2.75, 3.05) is 59.2 Å². The van der Waals surface area contributed by atoms with Gasteiger partial charge in [0.25, 0.3) is 0 Å². The number of hydrogen-bond acceptors (Lipinski definition) is 14. The summed E-state index contributed by atoms with van der Waals surface area (Å²) in [6.45, 7) is 0.814. The van der Waals surface area contributed by atoms with E-state index in [2.05, 4.69) is 32.4 Å². The summed E-state index contributed by atoms with van der Waals surface area (Å²) in [5.74, 6) is 2.92. The molecule has 5 atom stereocenters. The molecule has 6 N–H and O–H groups in total. The zero-order chi connectivity index (χ0) is 36.3. The van der Waals surface area contributed by atoms with Gasteiger partial charge >= 0.3 is 11.9 Å². The number of amides is 3. The van der Waals surface area contributed by atoms with Gasteiger partial charge in [0.1, 0.15) is 13.1 Å². The fourth-order valence-corrected chi connectivity index (χ4v) is 7.16. The summed E-state index contributed by atoms with van der Waals surface area (Å²) in [5, 5.41) is 5.84. The number of aromatic nitrogens is 4. The van der Waals surface area contributed by atoms with Crippen molar-refractivity contribution < 1.29 is 33.4 Å². The van der Waals surface area contributed by atoms with Gasteiger partial charge in [-0.1, -0.05) is 11.6 Å². The van der Waals surface area contributed by atoms with E-state index < -0.39 is 72.3 Å². The highest BCUT2D eigenvalue weighted by molar-refractivity contribution is 7.16. The maximum absolute atomic E-state index is 13.6. The molecule has 2 unspecified atom stereocenters. The van der Waals surface area contributed by atoms with Gasteiger partial charge in [0.05, 0.1) is 40.1 Å². The number of halogens is 1. The van der Waals surface area contributed by atoms with Crippen molar-refractivity contribution in [2.45, 2.75) is 31.6 Å². The predicted octanol–water partition coefficient (Wildman–Crippen LogP) is -0.662. The van der Waals surface area contributed by atoms with Crippen molar-refractivity contribution in [2.24, 2.45) is 22.8 Å². The molecule has 0 saturated heterocycles. The largest absolute Gasteiger partial charge is 0.456 e. The van der Waals surface area contributed by atoms with Crippen LogP contribution in [0.1, 0.15) is 30.1 Å². The average Bonchev–Trinajstić information content (AvgIpc) is 3.31. The molecule has 0 radical (unpaired) electrons. The first-order valence-corrected chi connectivity index (χ1v) is 16.8. The van der Waals surface area contributed by atoms with Gasteiger partial charge in [-0.2, -0.15) is 0 Å². The number of anilines is 1. The molecule has 0 bridgehead atoms. The summed E-state index contributed by atoms with van der Waals surface area (Å²) in [4.78, 5) is 81.3. The third-order valence-electron chi connectivity index (χ3n) is 8.68. The van der Waals surface area contributed by atoms with Crippen LogP contribution in [0.2, 0.25) is 4.34 Å². The third kappa shape index (κ3) is 7.07. The first-order valence-electron chi connectivity index (χ1n) is 15.6. The van der Waals surface area contributed by atoms with E-state index in [-0.39, 0.29) is 25.3 Å². The van der Waals surface area contributed by atoms with Gasteiger partial charge in [-0.25, -0.2) is 15.0 Å². The number of nitrogens with one attached hydrogen (secondary N) is 2. The normalized spacial score (nSPS) is 21.7. The van der Waals surface area contributed by atoms with E-state index in [0.29, 0.717) is 32.7 Å². The molecule has 50 heavy (non-hydrogen) atoms. The predicted molar refractivity (Wildman–Crippen MR) is 182 cm³/mol. The Hall–Kier alpha value is -4.83. The van der Waals surface area contributed by atoms with Gasteiger partial charge in [-0.15, -0.1) is 11.3 Å². The monoisotopic (exact) mass is 728 g/mol. The number of thiophene rings is 1. The number of carbonyl (C=O) groups excluding carboxylic acids is 5. The van der Waals surface area contributed by atoms with E-state index in [9.17, 15) is 24.0 Å². The SMILES string of the molecule is CCNc1nc(C#Cc2ccc(Cl)s2)nc2c1ncn2C1C2C[C@@]2(C(=O)NC)[C@@H](OC(=O)CN(C)C(=O)CN)[C@H]1OC(=O)CN(C)C(=O)CN. The Balaban J connectivity index is 1.60. The van der Waals surface area contributed by atoms with E-state index in [1.54, 1.807) is 16.7 Å². The molecular weight excluding hydrogens is 692 g/mol. The van der Waals surface area contributed by atoms with Crippen LogP contribution < -0.4 is 22.1 Å². The van der Waals surface area contributed by atoms with Crippen molar-refractivity contribution in [1.29, 1.82) is 0 Å². The molecule has 266 valence electrons. The fraction of sp³-hybridized carbons (Fsp3) is 0.484. The summed E-state index contributed by atoms with van der Waals surface area (Å²) in [5.41, 5.74) is 10.3. The number of ether oxygens (including phenoxy) is 2. The lowest BCUT2D eigenvalue weighted by molar-refractivity contribution is -0.176. The van der Waals surface area contributed by atoms with E-state index in [4.69, 9.17) is 37.5 Å². The summed E-state index contributed by atoms with van der Waals surface area (Å²) >= 11 is 7.37. The third-order valence-corrected chi connectivity index (χ3v) is 9.83. The van der Waals surface area contributed by atoms with Gasteiger partial charge in [0.15, 0.2) is 29.2 Å². The number of rotatable bonds is 12. The summed E-state index contributed by atoms with van der Waals surface area (Å²) < 4.78 is 14.2. The lowest BCUT2D eigenvalue weighted by atomic mass is 9.97. The van der Waals surface area contributed by atoms with Crippen molar-refractivity contribution in [3.63, 3.8) is 0 Å². The van der Waals surface area contributed by atoms with Crippen molar-refractivity contribution in [3.8, 4) is 11.8 Å². The van der Waals surface area contributed by atoms with Crippen LogP contribution in [0.3, 0.4) is 0 Å². The molecule has 3 aromatic rings. The number of fused-ring (bicyclic) bond motifs is 2. The van der Waals surface area contributed by atoms with Crippen LogP contribution in [0.5, 0.6) is 0 Å². The summed E-state index contributed by atoms with van der Waals surface area (Å²) in [6, 6.07) is 2.69. The van der Waals surface area contributed by atoms with Crippen LogP contribution in [0.25, 0.3) is 11.2 Å². The lowest BCUT2D eigenvalue weighted by Gasteiger charge is -2.31. The lowest BCUT2D eigenvalue weighted by Crippen LogP contribution is -2.48. The van der Waals surface area contributed by atoms with Gasteiger partial charge in [0, 0.05) is 33.6 Å². The van der Waals surface area contributed by atoms with E-state index in [0.717, 1.165) is 9.80 Å². The van der Waals surface area contributed by atoms with Crippen LogP contribution in [-0.2, 0) is 33.4 Å². The minimum Gasteiger partial charge on any atom is -0.456 e. The fourth-order valence-electron chi connectivity index (χ4n) is 6.26. The van der Waals surface area contributed by atoms with E-state index >= 15 is 0 Å². The molecule has 17 nitrogen and oxygen atoms in total. The standard InChI is InChI=1S/C31H37ClN10O7S/c1-5-36-28-24-29(39-19(38-28)9-7-16-6-8-18(32)50-16)42(15-37-24)25-17-10-31(17,30(47)35-2)27(49-23(46)14-41(4)21(44)12-34)26(25)48-22(45)13-40(3)20(43)11-33/h6,8,15,17,25-27H,5,10-14,33-34H2,1-4H3,(H,35,47)(H,36,38,39)/t17?,25?,26-,27-,31-/m0/s1. The topological polar surface area (TPSA) is 230 Å². The zero-order valence-corrected chi connectivity index (χ0v) is 29.3. The Morgan fingerprint density at radius 1 is 1.06 bits per heavy atom. The van der Waals surface area contributed by atoms with Gasteiger partial charge in [-0.3, -0.25) is 24.0 Å². The zero-order valence-electron chi connectivity index (χ0n) is 27.8. The summed E-state index contributed by atoms with van der Waals surface area (Å²) in [7, 11) is 4.23. The quantitative estimate of drug-likeness (QED) is 0.134. The average molecular weight is 729 g/mol. The second-order valence-electron chi connectivity index (χ2n) is 11.8. The van der Waals surface area contributed by atoms with Crippen LogP contribution >= 0.6 is 22.9 Å². The maximum Gasteiger partial charge on any atom is 0.326 e. The smallest absolute Gasteiger partial charge is 0.326 e. The van der Waals surface area contributed by atoms with E-state index in [1.807, 2.05) is 6.92 Å². The number of hydrogen-bond donors (Lipinski definition) is 4. The van der Waals surface area contributed by atoms with Gasteiger partial charge in [-0.05, 0) is 37.3 Å². The van der Waals surface area contributed by atoms with Crippen molar-refractivity contribution in [1.82, 2.24) is 34.6 Å². The molecular formula is C31H37ClN10O7S. The van der Waals surface area contributed by atoms with Crippen molar-refractivity contribution in [3.05, 3.63) is 33.5 Å². The Morgan fingerprint density at radius 3 is 2.30 bits per heavy atom. The second-order valence-corrected chi connectivity index (χ2v) is 13.5. The Labute approximate surface area is 296 Å². The minimum atomic E-state index is -1.30. The highest BCUT2D eigenvalue weighted by Crippen LogP contribution is 2.69. The molecule has 0 spiro atoms. The number of nitrogens with two attached hydrogens (primary N) is 2. The van der Waals surface area contributed by atoms with Crippen LogP contribution in [0.4, 0.5) is 5.82 Å². The molecule has 2 aliphatic rings. The molecule has 0 aromatic carbocycles. The Morgan fingerprint density at radius 2 is 1.72 bits per heavy atom. The minimum absolute atomic E-state index is 0.164. The number of likely N-dealkylation sites (N-methyl/N-ethyl adjacent to an activating group) is 2.